The van der Waals surface area contributed by atoms with E-state index in [0.717, 1.165) is 40.0 Å². The van der Waals surface area contributed by atoms with Gasteiger partial charge in [0.25, 0.3) is 11.8 Å². The number of pyridine rings is 1. The summed E-state index contributed by atoms with van der Waals surface area (Å²) in [7, 11) is 0. The van der Waals surface area contributed by atoms with Crippen molar-refractivity contribution >= 4 is 39.7 Å². The number of anilines is 1. The Kier molecular flexibility index (Phi) is 6.66. The highest BCUT2D eigenvalue weighted by Crippen LogP contribution is 2.33. The van der Waals surface area contributed by atoms with E-state index >= 15 is 0 Å². The number of nitrogens with zero attached hydrogens (tertiary/aromatic N) is 4. The number of aryl methyl sites for hydroxylation is 2. The Morgan fingerprint density at radius 3 is 2.59 bits per heavy atom. The first kappa shape index (κ1) is 24.9. The first-order valence-electron chi connectivity index (χ1n) is 12.9. The van der Waals surface area contributed by atoms with Gasteiger partial charge in [-0.3, -0.25) is 14.6 Å². The molecule has 0 aliphatic carbocycles. The summed E-state index contributed by atoms with van der Waals surface area (Å²) in [5.74, 6) is 0.425. The molecule has 1 aliphatic rings. The number of benzene rings is 2. The molecule has 1 N–H and O–H groups in total. The minimum Gasteiger partial charge on any atom is -0.360 e. The zero-order valence-electron chi connectivity index (χ0n) is 21.7. The molecule has 1 fully saturated rings. The largest absolute Gasteiger partial charge is 0.360 e. The lowest BCUT2D eigenvalue weighted by Gasteiger charge is -2.31. The molecule has 1 saturated heterocycles. The van der Waals surface area contributed by atoms with E-state index in [1.54, 1.807) is 12.3 Å². The van der Waals surface area contributed by atoms with Gasteiger partial charge in [0, 0.05) is 46.7 Å². The van der Waals surface area contributed by atoms with E-state index in [0.29, 0.717) is 41.5 Å². The number of fused-ring (bicyclic) bond motifs is 1. The number of rotatable bonds is 5. The Labute approximate surface area is 229 Å². The number of nitrogens with one attached hydrogen (secondary N) is 1. The summed E-state index contributed by atoms with van der Waals surface area (Å²) in [6.07, 6.45) is 1.56. The van der Waals surface area contributed by atoms with Crippen molar-refractivity contribution in [1.82, 2.24) is 20.0 Å². The monoisotopic (exact) mass is 537 g/mol. The molecule has 2 aromatic carbocycles. The highest BCUT2D eigenvalue weighted by Gasteiger charge is 2.31. The molecule has 0 atom stereocenters. The maximum Gasteiger partial charge on any atom is 0.275 e. The van der Waals surface area contributed by atoms with Gasteiger partial charge >= 0.3 is 0 Å². The zero-order chi connectivity index (χ0) is 26.9. The molecule has 39 heavy (non-hydrogen) atoms. The third kappa shape index (κ3) is 5.05. The summed E-state index contributed by atoms with van der Waals surface area (Å²) in [4.78, 5) is 37.4. The quantitative estimate of drug-likeness (QED) is 0.285. The van der Waals surface area contributed by atoms with E-state index in [4.69, 9.17) is 4.52 Å². The summed E-state index contributed by atoms with van der Waals surface area (Å²) in [6.45, 7) is 4.94. The number of piperidine rings is 1. The summed E-state index contributed by atoms with van der Waals surface area (Å²) >= 11 is 1.50. The fourth-order valence-electron chi connectivity index (χ4n) is 4.98. The molecule has 0 unspecified atom stereocenters. The lowest BCUT2D eigenvalue weighted by molar-refractivity contribution is 0.0711. The third-order valence-corrected chi connectivity index (χ3v) is 8.10. The third-order valence-electron chi connectivity index (χ3n) is 7.10. The van der Waals surface area contributed by atoms with Gasteiger partial charge in [0.1, 0.15) is 22.7 Å². The predicted octanol–water partition coefficient (Wildman–Crippen LogP) is 6.24. The van der Waals surface area contributed by atoms with Gasteiger partial charge in [-0.2, -0.15) is 0 Å². The molecular formula is C30H27N5O3S. The van der Waals surface area contributed by atoms with Gasteiger partial charge in [-0.25, -0.2) is 4.98 Å². The summed E-state index contributed by atoms with van der Waals surface area (Å²) < 4.78 is 5.40. The average Bonchev–Trinajstić information content (AvgIpc) is 3.61. The fourth-order valence-corrected chi connectivity index (χ4v) is 5.96. The van der Waals surface area contributed by atoms with Crippen LogP contribution >= 0.6 is 11.3 Å². The second kappa shape index (κ2) is 10.4. The number of carbonyl (C=O) groups is 2. The van der Waals surface area contributed by atoms with Crippen molar-refractivity contribution in [2.45, 2.75) is 32.6 Å². The van der Waals surface area contributed by atoms with Crippen LogP contribution in [0.1, 0.15) is 56.1 Å². The van der Waals surface area contributed by atoms with Crippen molar-refractivity contribution in [2.24, 2.45) is 0 Å². The highest BCUT2D eigenvalue weighted by molar-refractivity contribution is 7.10. The Bertz CT molecular complexity index is 1670. The van der Waals surface area contributed by atoms with Gasteiger partial charge in [0.05, 0.1) is 10.5 Å². The van der Waals surface area contributed by atoms with Gasteiger partial charge in [0.2, 0.25) is 0 Å². The van der Waals surface area contributed by atoms with Gasteiger partial charge < -0.3 is 14.7 Å². The number of carbonyl (C=O) groups excluding carboxylic acids is 2. The number of thiazole rings is 1. The molecule has 196 valence electrons. The molecule has 2 amide bonds. The molecule has 6 rings (SSSR count). The first-order valence-corrected chi connectivity index (χ1v) is 13.8. The number of hydrogen-bond donors (Lipinski definition) is 1. The Hall–Kier alpha value is -4.37. The van der Waals surface area contributed by atoms with Crippen LogP contribution in [-0.2, 0) is 0 Å². The van der Waals surface area contributed by atoms with Crippen molar-refractivity contribution < 1.29 is 14.1 Å². The second-order valence-electron chi connectivity index (χ2n) is 9.78. The van der Waals surface area contributed by atoms with Crippen molar-refractivity contribution in [2.75, 3.05) is 18.4 Å². The minimum atomic E-state index is -0.235. The minimum absolute atomic E-state index is 0.0639. The smallest absolute Gasteiger partial charge is 0.275 e. The maximum absolute atomic E-state index is 13.4. The van der Waals surface area contributed by atoms with Crippen LogP contribution in [0.15, 0.2) is 70.6 Å². The average molecular weight is 538 g/mol. The lowest BCUT2D eigenvalue weighted by atomic mass is 9.96. The van der Waals surface area contributed by atoms with Crippen LogP contribution < -0.4 is 5.32 Å². The van der Waals surface area contributed by atoms with E-state index in [1.807, 2.05) is 72.5 Å². The van der Waals surface area contributed by atoms with Gasteiger partial charge in [-0.05, 0) is 51.0 Å². The second-order valence-corrected chi connectivity index (χ2v) is 10.7. The van der Waals surface area contributed by atoms with E-state index < -0.39 is 0 Å². The van der Waals surface area contributed by atoms with Crippen molar-refractivity contribution in [3.05, 3.63) is 93.8 Å². The van der Waals surface area contributed by atoms with Gasteiger partial charge in [0.15, 0.2) is 0 Å². The Balaban J connectivity index is 1.10. The van der Waals surface area contributed by atoms with Crippen LogP contribution in [0.4, 0.5) is 5.69 Å². The fraction of sp³-hybridized carbons (Fsp3) is 0.233. The molecule has 3 aromatic heterocycles. The Morgan fingerprint density at radius 2 is 1.79 bits per heavy atom. The molecule has 0 radical (unpaired) electrons. The maximum atomic E-state index is 13.4. The highest BCUT2D eigenvalue weighted by atomic mass is 32.1. The van der Waals surface area contributed by atoms with E-state index in [1.165, 1.54) is 11.3 Å². The van der Waals surface area contributed by atoms with Crippen LogP contribution in [0.5, 0.6) is 0 Å². The molecule has 5 aromatic rings. The topological polar surface area (TPSA) is 101 Å². The van der Waals surface area contributed by atoms with Crippen molar-refractivity contribution in [3.8, 4) is 11.3 Å². The van der Waals surface area contributed by atoms with E-state index in [9.17, 15) is 9.59 Å². The lowest BCUT2D eigenvalue weighted by Crippen LogP contribution is -2.38. The molecule has 4 heterocycles. The number of likely N-dealkylation sites (tertiary alicyclic amines) is 1. The zero-order valence-corrected chi connectivity index (χ0v) is 22.5. The first-order chi connectivity index (χ1) is 19.0. The standard InChI is InChI=1S/C30H27N5O3S/c1-18-8-9-22-16-23(10-11-24(22)31-18)32-28(36)25-17-39-29(33-25)21-12-14-35(15-13-21)30(37)26-19(2)38-34-27(26)20-6-4-3-5-7-20/h3-11,16-17,21H,12-15H2,1-2H3,(H,32,36). The van der Waals surface area contributed by atoms with E-state index in [-0.39, 0.29) is 17.7 Å². The van der Waals surface area contributed by atoms with Crippen LogP contribution in [-0.4, -0.2) is 44.9 Å². The summed E-state index contributed by atoms with van der Waals surface area (Å²) in [6, 6.07) is 19.2. The van der Waals surface area contributed by atoms with Crippen molar-refractivity contribution in [1.29, 1.82) is 0 Å². The number of hydrogen-bond acceptors (Lipinski definition) is 7. The van der Waals surface area contributed by atoms with E-state index in [2.05, 4.69) is 20.4 Å². The molecule has 0 spiro atoms. The van der Waals surface area contributed by atoms with Crippen molar-refractivity contribution in [3.63, 3.8) is 0 Å². The van der Waals surface area contributed by atoms with Gasteiger partial charge in [-0.15, -0.1) is 11.3 Å². The summed E-state index contributed by atoms with van der Waals surface area (Å²) in [5.41, 5.74) is 4.92. The predicted molar refractivity (Wildman–Crippen MR) is 151 cm³/mol. The number of amides is 2. The molecule has 0 saturated carbocycles. The molecule has 1 aliphatic heterocycles. The molecular weight excluding hydrogens is 510 g/mol. The van der Waals surface area contributed by atoms with Gasteiger partial charge in [-0.1, -0.05) is 41.6 Å². The van der Waals surface area contributed by atoms with Crippen LogP contribution in [0.25, 0.3) is 22.2 Å². The van der Waals surface area contributed by atoms with Crippen LogP contribution in [0.2, 0.25) is 0 Å². The molecule has 0 bridgehead atoms. The molecule has 8 nitrogen and oxygen atoms in total. The molecule has 9 heteroatoms. The van der Waals surface area contributed by atoms with Crippen LogP contribution in [0, 0.1) is 13.8 Å². The normalized spacial score (nSPS) is 14.1. The number of aromatic nitrogens is 3. The Morgan fingerprint density at radius 1 is 1.00 bits per heavy atom. The summed E-state index contributed by atoms with van der Waals surface area (Å²) in [5, 5.41) is 10.8. The van der Waals surface area contributed by atoms with Crippen LogP contribution in [0.3, 0.4) is 0 Å². The SMILES string of the molecule is Cc1ccc2cc(NC(=O)c3csc(C4CCN(C(=O)c5c(-c6ccccc6)noc5C)CC4)n3)ccc2n1.